The van der Waals surface area contributed by atoms with Crippen LogP contribution in [-0.2, 0) is 7.05 Å². The number of fused-ring (bicyclic) bond motifs is 1. The van der Waals surface area contributed by atoms with E-state index in [-0.39, 0.29) is 22.1 Å². The van der Waals surface area contributed by atoms with E-state index in [1.54, 1.807) is 19.3 Å². The van der Waals surface area contributed by atoms with Crippen LogP contribution in [-0.4, -0.2) is 36.2 Å². The lowest BCUT2D eigenvalue weighted by Gasteiger charge is -2.02. The van der Waals surface area contributed by atoms with Crippen LogP contribution < -0.4 is 11.1 Å². The normalized spacial score (nSPS) is 10.8. The molecule has 3 rings (SSSR count). The number of amides is 2. The number of aromatic nitrogens is 5. The van der Waals surface area contributed by atoms with Crippen LogP contribution >= 0.6 is 11.6 Å². The molecule has 3 N–H and O–H groups in total. The summed E-state index contributed by atoms with van der Waals surface area (Å²) in [5, 5.41) is 10.7. The first kappa shape index (κ1) is 14.0. The van der Waals surface area contributed by atoms with Gasteiger partial charge >= 0.3 is 0 Å². The Balaban J connectivity index is 1.97. The Bertz CT molecular complexity index is 898. The van der Waals surface area contributed by atoms with Gasteiger partial charge in [0.05, 0.1) is 11.9 Å². The molecule has 112 valence electrons. The van der Waals surface area contributed by atoms with Gasteiger partial charge in [-0.2, -0.15) is 10.2 Å². The Hall–Kier alpha value is -2.94. The van der Waals surface area contributed by atoms with Gasteiger partial charge in [0.1, 0.15) is 10.7 Å². The predicted molar refractivity (Wildman–Crippen MR) is 77.7 cm³/mol. The summed E-state index contributed by atoms with van der Waals surface area (Å²) in [4.78, 5) is 27.7. The third kappa shape index (κ3) is 2.37. The van der Waals surface area contributed by atoms with Crippen LogP contribution in [0.4, 0.5) is 5.69 Å². The van der Waals surface area contributed by atoms with Gasteiger partial charge in [0.2, 0.25) is 0 Å². The Morgan fingerprint density at radius 2 is 2.18 bits per heavy atom. The summed E-state index contributed by atoms with van der Waals surface area (Å²) in [6.07, 6.45) is 4.42. The molecule has 0 aliphatic rings. The lowest BCUT2D eigenvalue weighted by molar-refractivity contribution is 0.0995. The number of primary amides is 1. The number of halogens is 1. The van der Waals surface area contributed by atoms with Gasteiger partial charge in [-0.05, 0) is 6.07 Å². The van der Waals surface area contributed by atoms with Crippen molar-refractivity contribution < 1.29 is 9.59 Å². The third-order valence-corrected chi connectivity index (χ3v) is 3.10. The fourth-order valence-electron chi connectivity index (χ4n) is 1.96. The molecule has 0 atom stereocenters. The van der Waals surface area contributed by atoms with Crippen molar-refractivity contribution in [2.24, 2.45) is 12.8 Å². The standard InChI is InChI=1S/C12H10ClN7O2/c1-19-5-7(9(18-19)10(14)21)16-12(22)6-4-15-20-3-2-8(13)17-11(6)20/h2-5H,1H3,(H2,14,21)(H,16,22). The number of aryl methyl sites for hydroxylation is 1. The molecular weight excluding hydrogens is 310 g/mol. The average molecular weight is 320 g/mol. The molecule has 0 saturated heterocycles. The fourth-order valence-corrected chi connectivity index (χ4v) is 2.10. The second-order valence-corrected chi connectivity index (χ2v) is 4.85. The molecule has 0 aliphatic heterocycles. The van der Waals surface area contributed by atoms with Crippen LogP contribution in [0.25, 0.3) is 5.65 Å². The number of carbonyl (C=O) groups excluding carboxylic acids is 2. The molecule has 0 radical (unpaired) electrons. The molecular formula is C12H10ClN7O2. The third-order valence-electron chi connectivity index (χ3n) is 2.89. The van der Waals surface area contributed by atoms with Crippen molar-refractivity contribution in [3.63, 3.8) is 0 Å². The molecule has 2 amide bonds. The van der Waals surface area contributed by atoms with Gasteiger partial charge in [-0.1, -0.05) is 11.6 Å². The zero-order valence-corrected chi connectivity index (χ0v) is 12.1. The number of anilines is 1. The van der Waals surface area contributed by atoms with Crippen LogP contribution in [0.1, 0.15) is 20.8 Å². The summed E-state index contributed by atoms with van der Waals surface area (Å²) in [5.74, 6) is -1.24. The molecule has 3 aromatic heterocycles. The highest BCUT2D eigenvalue weighted by Gasteiger charge is 2.19. The summed E-state index contributed by atoms with van der Waals surface area (Å²) in [6.45, 7) is 0. The van der Waals surface area contributed by atoms with Crippen molar-refractivity contribution in [2.75, 3.05) is 5.32 Å². The van der Waals surface area contributed by atoms with Gasteiger partial charge in [-0.3, -0.25) is 14.3 Å². The molecule has 0 aliphatic carbocycles. The van der Waals surface area contributed by atoms with E-state index in [1.165, 1.54) is 21.6 Å². The largest absolute Gasteiger partial charge is 0.364 e. The van der Waals surface area contributed by atoms with Gasteiger partial charge in [-0.15, -0.1) is 0 Å². The highest BCUT2D eigenvalue weighted by Crippen LogP contribution is 2.17. The van der Waals surface area contributed by atoms with Crippen molar-refractivity contribution in [3.05, 3.63) is 41.1 Å². The number of hydrogen-bond donors (Lipinski definition) is 2. The van der Waals surface area contributed by atoms with Crippen LogP contribution in [0.15, 0.2) is 24.7 Å². The molecule has 3 aromatic rings. The average Bonchev–Trinajstić information content (AvgIpc) is 3.01. The zero-order chi connectivity index (χ0) is 15.9. The summed E-state index contributed by atoms with van der Waals surface area (Å²) in [6, 6.07) is 1.55. The Morgan fingerprint density at radius 3 is 2.91 bits per heavy atom. The summed E-state index contributed by atoms with van der Waals surface area (Å²) in [7, 11) is 1.61. The molecule has 0 bridgehead atoms. The lowest BCUT2D eigenvalue weighted by atomic mass is 10.3. The highest BCUT2D eigenvalue weighted by atomic mass is 35.5. The summed E-state index contributed by atoms with van der Waals surface area (Å²) in [5.41, 5.74) is 5.91. The van der Waals surface area contributed by atoms with Crippen LogP contribution in [0.2, 0.25) is 5.15 Å². The van der Waals surface area contributed by atoms with Gasteiger partial charge in [0, 0.05) is 19.4 Å². The van der Waals surface area contributed by atoms with Gasteiger partial charge in [0.25, 0.3) is 11.8 Å². The number of hydrogen-bond acceptors (Lipinski definition) is 5. The Morgan fingerprint density at radius 1 is 1.41 bits per heavy atom. The van der Waals surface area contributed by atoms with Gasteiger partial charge in [0.15, 0.2) is 11.3 Å². The van der Waals surface area contributed by atoms with E-state index in [0.717, 1.165) is 0 Å². The van der Waals surface area contributed by atoms with Crippen molar-refractivity contribution in [3.8, 4) is 0 Å². The van der Waals surface area contributed by atoms with Crippen LogP contribution in [0.3, 0.4) is 0 Å². The SMILES string of the molecule is Cn1cc(NC(=O)c2cnn3ccc(Cl)nc23)c(C(N)=O)n1. The molecule has 9 nitrogen and oxygen atoms in total. The lowest BCUT2D eigenvalue weighted by Crippen LogP contribution is -2.18. The van der Waals surface area contributed by atoms with Gasteiger partial charge < -0.3 is 11.1 Å². The van der Waals surface area contributed by atoms with Crippen molar-refractivity contribution >= 4 is 34.7 Å². The molecule has 0 unspecified atom stereocenters. The molecule has 0 spiro atoms. The predicted octanol–water partition coefficient (Wildman–Crippen LogP) is 0.467. The van der Waals surface area contributed by atoms with Crippen molar-refractivity contribution in [1.29, 1.82) is 0 Å². The quantitative estimate of drug-likeness (QED) is 0.680. The van der Waals surface area contributed by atoms with E-state index in [1.807, 2.05) is 0 Å². The first-order chi connectivity index (χ1) is 10.5. The van der Waals surface area contributed by atoms with Gasteiger partial charge in [-0.25, -0.2) is 9.50 Å². The maximum atomic E-state index is 12.3. The molecule has 0 aromatic carbocycles. The molecule has 3 heterocycles. The molecule has 0 fully saturated rings. The molecule has 0 saturated carbocycles. The van der Waals surface area contributed by atoms with E-state index >= 15 is 0 Å². The first-order valence-corrected chi connectivity index (χ1v) is 6.48. The van der Waals surface area contributed by atoms with E-state index in [0.29, 0.717) is 5.65 Å². The van der Waals surface area contributed by atoms with Crippen LogP contribution in [0, 0.1) is 0 Å². The maximum Gasteiger partial charge on any atom is 0.271 e. The minimum atomic E-state index is -0.739. The second-order valence-electron chi connectivity index (χ2n) is 4.46. The highest BCUT2D eigenvalue weighted by molar-refractivity contribution is 6.29. The van der Waals surface area contributed by atoms with E-state index < -0.39 is 11.8 Å². The van der Waals surface area contributed by atoms with E-state index in [9.17, 15) is 9.59 Å². The maximum absolute atomic E-state index is 12.3. The Labute approximate surface area is 128 Å². The minimum Gasteiger partial charge on any atom is -0.364 e. The van der Waals surface area contributed by atoms with Crippen molar-refractivity contribution in [2.45, 2.75) is 0 Å². The minimum absolute atomic E-state index is 0.0293. The number of nitrogens with zero attached hydrogens (tertiary/aromatic N) is 5. The monoisotopic (exact) mass is 319 g/mol. The summed E-state index contributed by atoms with van der Waals surface area (Å²) >= 11 is 5.82. The topological polar surface area (TPSA) is 120 Å². The fraction of sp³-hybridized carbons (Fsp3) is 0.0833. The van der Waals surface area contributed by atoms with Crippen molar-refractivity contribution in [1.82, 2.24) is 24.4 Å². The number of carbonyl (C=O) groups is 2. The molecule has 22 heavy (non-hydrogen) atoms. The first-order valence-electron chi connectivity index (χ1n) is 6.10. The van der Waals surface area contributed by atoms with E-state index in [2.05, 4.69) is 20.5 Å². The Kier molecular flexibility index (Phi) is 3.26. The number of nitrogens with one attached hydrogen (secondary N) is 1. The number of rotatable bonds is 3. The zero-order valence-electron chi connectivity index (χ0n) is 11.3. The molecule has 10 heteroatoms. The van der Waals surface area contributed by atoms with Crippen LogP contribution in [0.5, 0.6) is 0 Å². The number of nitrogens with two attached hydrogens (primary N) is 1. The summed E-state index contributed by atoms with van der Waals surface area (Å²) < 4.78 is 2.79. The second kappa shape index (κ2) is 5.11. The van der Waals surface area contributed by atoms with E-state index in [4.69, 9.17) is 17.3 Å². The smallest absolute Gasteiger partial charge is 0.271 e.